The molecule has 4 rings (SSSR count). The number of carbonyl (C=O) groups is 3. The van der Waals surface area contributed by atoms with Crippen LogP contribution in [0.25, 0.3) is 0 Å². The number of allylic oxidation sites excluding steroid dienone is 1. The van der Waals surface area contributed by atoms with Crippen molar-refractivity contribution in [3.63, 3.8) is 0 Å². The Morgan fingerprint density at radius 2 is 1.97 bits per heavy atom. The van der Waals surface area contributed by atoms with Crippen LogP contribution in [0.2, 0.25) is 0 Å². The largest absolute Gasteiger partial charge is 0.464 e. The summed E-state index contributed by atoms with van der Waals surface area (Å²) < 4.78 is 5.33. The highest BCUT2D eigenvalue weighted by molar-refractivity contribution is 5.96. The van der Waals surface area contributed by atoms with Gasteiger partial charge in [0.25, 0.3) is 0 Å². The fraction of sp³-hybridized carbons (Fsp3) is 0.633. The topological polar surface area (TPSA) is 87.7 Å². The standard InChI is InChI=1S/C30H43N3O4/c1-5-37-28(36)30-20-22(30)13-9-7-6-8-10-16-24(27(35)33-18-12-17-25(33)26(34)32-30)31-23-15-11-14-21(19-23)29(2,3)4/h9,11,13-15,19,22,24-25,31H,5-8,10,12,16-18,20H2,1-4H3,(H,32,34)/b13-9-/t22-,24+,25+,30-/m1/s1. The van der Waals surface area contributed by atoms with Gasteiger partial charge in [-0.2, -0.15) is 0 Å². The van der Waals surface area contributed by atoms with Crippen molar-refractivity contribution in [3.05, 3.63) is 42.0 Å². The molecule has 0 radical (unpaired) electrons. The summed E-state index contributed by atoms with van der Waals surface area (Å²) in [5, 5.41) is 6.53. The van der Waals surface area contributed by atoms with Gasteiger partial charge in [0.05, 0.1) is 6.61 Å². The molecule has 0 unspecified atom stereocenters. The minimum absolute atomic E-state index is 0.00463. The zero-order valence-corrected chi connectivity index (χ0v) is 22.8. The monoisotopic (exact) mass is 509 g/mol. The molecule has 0 spiro atoms. The second kappa shape index (κ2) is 11.3. The molecule has 202 valence electrons. The number of nitrogens with one attached hydrogen (secondary N) is 2. The van der Waals surface area contributed by atoms with Gasteiger partial charge in [-0.1, -0.05) is 57.9 Å². The van der Waals surface area contributed by atoms with Crippen molar-refractivity contribution in [1.82, 2.24) is 10.2 Å². The number of benzene rings is 1. The first-order valence-corrected chi connectivity index (χ1v) is 14.0. The first-order chi connectivity index (χ1) is 17.7. The van der Waals surface area contributed by atoms with Crippen molar-refractivity contribution in [2.45, 2.75) is 102 Å². The van der Waals surface area contributed by atoms with Gasteiger partial charge >= 0.3 is 5.97 Å². The molecule has 2 heterocycles. The Hall–Kier alpha value is -2.83. The SMILES string of the molecule is CCOC(=O)[C@@]12C[C@H]1/C=C\CCCCC[C@H](Nc1cccc(C(C)(C)C)c1)C(=O)N1CCC[C@H]1C(=O)N2. The highest BCUT2D eigenvalue weighted by Crippen LogP contribution is 2.46. The summed E-state index contributed by atoms with van der Waals surface area (Å²) in [7, 11) is 0. The van der Waals surface area contributed by atoms with Crippen LogP contribution in [0.3, 0.4) is 0 Å². The number of hydrogen-bond acceptors (Lipinski definition) is 5. The van der Waals surface area contributed by atoms with Crippen LogP contribution in [-0.2, 0) is 24.5 Å². The molecule has 7 nitrogen and oxygen atoms in total. The average Bonchev–Trinajstić information content (AvgIpc) is 3.31. The molecule has 1 saturated carbocycles. The van der Waals surface area contributed by atoms with E-state index in [-0.39, 0.29) is 35.7 Å². The molecule has 37 heavy (non-hydrogen) atoms. The molecule has 3 aliphatic rings. The summed E-state index contributed by atoms with van der Waals surface area (Å²) in [6, 6.07) is 7.30. The maximum atomic E-state index is 13.9. The summed E-state index contributed by atoms with van der Waals surface area (Å²) in [4.78, 5) is 42.0. The summed E-state index contributed by atoms with van der Waals surface area (Å²) >= 11 is 0. The van der Waals surface area contributed by atoms with Gasteiger partial charge in [0.2, 0.25) is 11.8 Å². The number of ether oxygens (including phenoxy) is 1. The summed E-state index contributed by atoms with van der Waals surface area (Å²) in [5.41, 5.74) is 1.13. The number of anilines is 1. The van der Waals surface area contributed by atoms with E-state index in [4.69, 9.17) is 4.74 Å². The van der Waals surface area contributed by atoms with Crippen LogP contribution in [-0.4, -0.2) is 53.5 Å². The van der Waals surface area contributed by atoms with Crippen LogP contribution in [0.4, 0.5) is 5.69 Å². The van der Waals surface area contributed by atoms with Gasteiger partial charge in [-0.3, -0.25) is 9.59 Å². The molecule has 1 aliphatic carbocycles. The number of hydrogen-bond donors (Lipinski definition) is 2. The van der Waals surface area contributed by atoms with Crippen LogP contribution in [0.15, 0.2) is 36.4 Å². The molecular formula is C30H43N3O4. The number of esters is 1. The Labute approximate surface area is 221 Å². The molecule has 7 heteroatoms. The van der Waals surface area contributed by atoms with E-state index in [2.05, 4.69) is 55.7 Å². The molecule has 1 aromatic carbocycles. The van der Waals surface area contributed by atoms with Crippen molar-refractivity contribution in [1.29, 1.82) is 0 Å². The number of nitrogens with zero attached hydrogens (tertiary/aromatic N) is 1. The van der Waals surface area contributed by atoms with Gasteiger partial charge in [0.15, 0.2) is 0 Å². The highest BCUT2D eigenvalue weighted by Gasteiger charge is 2.62. The van der Waals surface area contributed by atoms with E-state index in [0.717, 1.165) is 37.8 Å². The van der Waals surface area contributed by atoms with E-state index < -0.39 is 17.6 Å². The minimum atomic E-state index is -1.01. The summed E-state index contributed by atoms with van der Waals surface area (Å²) in [6.07, 6.45) is 10.7. The fourth-order valence-electron chi connectivity index (χ4n) is 5.60. The predicted molar refractivity (Wildman–Crippen MR) is 145 cm³/mol. The molecule has 2 aliphatic heterocycles. The second-order valence-electron chi connectivity index (χ2n) is 11.8. The van der Waals surface area contributed by atoms with E-state index >= 15 is 0 Å². The third-order valence-electron chi connectivity index (χ3n) is 7.94. The van der Waals surface area contributed by atoms with Gasteiger partial charge in [-0.15, -0.1) is 0 Å². The second-order valence-corrected chi connectivity index (χ2v) is 11.8. The third-order valence-corrected chi connectivity index (χ3v) is 7.94. The quantitative estimate of drug-likeness (QED) is 0.453. The van der Waals surface area contributed by atoms with E-state index in [0.29, 0.717) is 25.8 Å². The first-order valence-electron chi connectivity index (χ1n) is 14.0. The third kappa shape index (κ3) is 6.19. The maximum absolute atomic E-state index is 13.9. The van der Waals surface area contributed by atoms with Crippen LogP contribution in [0.5, 0.6) is 0 Å². The van der Waals surface area contributed by atoms with Crippen LogP contribution in [0, 0.1) is 5.92 Å². The lowest BCUT2D eigenvalue weighted by Crippen LogP contribution is -2.55. The summed E-state index contributed by atoms with van der Waals surface area (Å²) in [5.74, 6) is -0.727. The van der Waals surface area contributed by atoms with Crippen LogP contribution >= 0.6 is 0 Å². The molecule has 2 N–H and O–H groups in total. The normalized spacial score (nSPS) is 29.7. The van der Waals surface area contributed by atoms with Gasteiger partial charge in [-0.25, -0.2) is 4.79 Å². The average molecular weight is 510 g/mol. The van der Waals surface area contributed by atoms with Gasteiger partial charge in [0, 0.05) is 18.2 Å². The van der Waals surface area contributed by atoms with E-state index in [1.165, 1.54) is 5.56 Å². The Morgan fingerprint density at radius 1 is 1.16 bits per heavy atom. The minimum Gasteiger partial charge on any atom is -0.464 e. The summed E-state index contributed by atoms with van der Waals surface area (Å²) in [6.45, 7) is 9.12. The molecule has 2 fully saturated rings. The zero-order chi connectivity index (χ0) is 26.6. The van der Waals surface area contributed by atoms with Crippen molar-refractivity contribution in [2.24, 2.45) is 5.92 Å². The van der Waals surface area contributed by atoms with Crippen LogP contribution < -0.4 is 10.6 Å². The maximum Gasteiger partial charge on any atom is 0.332 e. The highest BCUT2D eigenvalue weighted by atomic mass is 16.5. The molecule has 1 aromatic rings. The molecule has 4 atom stereocenters. The van der Waals surface area contributed by atoms with E-state index in [9.17, 15) is 14.4 Å². The van der Waals surface area contributed by atoms with E-state index in [1.54, 1.807) is 11.8 Å². The lowest BCUT2D eigenvalue weighted by atomic mass is 9.87. The van der Waals surface area contributed by atoms with Crippen molar-refractivity contribution >= 4 is 23.5 Å². The Bertz CT molecular complexity index is 1030. The zero-order valence-electron chi connectivity index (χ0n) is 22.8. The Kier molecular flexibility index (Phi) is 8.29. The number of rotatable bonds is 4. The molecule has 0 bridgehead atoms. The first kappa shape index (κ1) is 27.2. The lowest BCUT2D eigenvalue weighted by Gasteiger charge is -2.30. The molecular weight excluding hydrogens is 466 g/mol. The van der Waals surface area contributed by atoms with Crippen LogP contribution in [0.1, 0.15) is 84.6 Å². The number of fused-ring (bicyclic) bond motifs is 2. The molecule has 0 aromatic heterocycles. The van der Waals surface area contributed by atoms with Crippen molar-refractivity contribution in [3.8, 4) is 0 Å². The van der Waals surface area contributed by atoms with Gasteiger partial charge in [0.1, 0.15) is 17.6 Å². The Morgan fingerprint density at radius 3 is 2.73 bits per heavy atom. The number of carbonyl (C=O) groups excluding carboxylic acids is 3. The van der Waals surface area contributed by atoms with E-state index in [1.807, 2.05) is 12.1 Å². The molecule has 2 amide bonds. The smallest absolute Gasteiger partial charge is 0.332 e. The van der Waals surface area contributed by atoms with Gasteiger partial charge < -0.3 is 20.3 Å². The number of amides is 2. The van der Waals surface area contributed by atoms with Crippen molar-refractivity contribution < 1.29 is 19.1 Å². The predicted octanol–water partition coefficient (Wildman–Crippen LogP) is 4.71. The Balaban J connectivity index is 1.57. The lowest BCUT2D eigenvalue weighted by molar-refractivity contribution is -0.150. The van der Waals surface area contributed by atoms with Crippen molar-refractivity contribution in [2.75, 3.05) is 18.5 Å². The fourth-order valence-corrected chi connectivity index (χ4v) is 5.60. The van der Waals surface area contributed by atoms with Gasteiger partial charge in [-0.05, 0) is 68.6 Å². The molecule has 1 saturated heterocycles.